The summed E-state index contributed by atoms with van der Waals surface area (Å²) in [4.78, 5) is 13.5. The highest BCUT2D eigenvalue weighted by Gasteiger charge is 2.33. The minimum Gasteiger partial charge on any atom is -0.480 e. The molecule has 0 bridgehead atoms. The number of carboxylic acid groups (broad SMARTS) is 1. The van der Waals surface area contributed by atoms with E-state index in [1.165, 1.54) is 0 Å². The maximum atomic E-state index is 11.3. The maximum absolute atomic E-state index is 11.3. The lowest BCUT2D eigenvalue weighted by Crippen LogP contribution is -2.51. The molecular weight excluding hydrogens is 231 g/mol. The smallest absolute Gasteiger partial charge is 0.323 e. The quantitative estimate of drug-likeness (QED) is 0.479. The zero-order valence-electron chi connectivity index (χ0n) is 10.9. The summed E-state index contributed by atoms with van der Waals surface area (Å²) < 4.78 is 5.26. The summed E-state index contributed by atoms with van der Waals surface area (Å²) in [6, 6.07) is 0. The first-order valence-corrected chi connectivity index (χ1v) is 6.61. The van der Waals surface area contributed by atoms with Crippen LogP contribution in [0.5, 0.6) is 0 Å². The van der Waals surface area contributed by atoms with Gasteiger partial charge in [0.15, 0.2) is 0 Å². The highest BCUT2D eigenvalue weighted by molar-refractivity contribution is 6.08. The van der Waals surface area contributed by atoms with E-state index in [4.69, 9.17) is 18.3 Å². The Hall–Kier alpha value is -0.585. The van der Waals surface area contributed by atoms with E-state index in [0.717, 1.165) is 45.7 Å². The summed E-state index contributed by atoms with van der Waals surface area (Å²) >= 11 is 0. The molecule has 0 aromatic carbocycles. The molecule has 1 unspecified atom stereocenters. The van der Waals surface area contributed by atoms with E-state index in [9.17, 15) is 9.90 Å². The third kappa shape index (κ3) is 4.96. The predicted octanol–water partition coefficient (Wildman–Crippen LogP) is 0.248. The van der Waals surface area contributed by atoms with E-state index < -0.39 is 11.5 Å². The van der Waals surface area contributed by atoms with Gasteiger partial charge in [0.25, 0.3) is 0 Å². The van der Waals surface area contributed by atoms with Crippen LogP contribution in [-0.4, -0.2) is 62.2 Å². The highest BCUT2D eigenvalue weighted by atomic mass is 16.5. The average Bonchev–Trinajstić information content (AvgIpc) is 2.38. The van der Waals surface area contributed by atoms with Crippen LogP contribution >= 0.6 is 0 Å². The Kier molecular flexibility index (Phi) is 6.67. The van der Waals surface area contributed by atoms with Crippen LogP contribution in [0.2, 0.25) is 6.32 Å². The van der Waals surface area contributed by atoms with Crippen LogP contribution in [0.1, 0.15) is 25.7 Å². The van der Waals surface area contributed by atoms with Crippen LogP contribution in [-0.2, 0) is 9.53 Å². The molecule has 1 atom stereocenters. The average molecular weight is 254 g/mol. The topological polar surface area (TPSA) is 75.8 Å². The molecule has 1 aliphatic heterocycles. The number of aliphatic carboxylic acids is 1. The molecule has 1 heterocycles. The number of carbonyl (C=O) groups is 1. The van der Waals surface area contributed by atoms with Gasteiger partial charge >= 0.3 is 5.97 Å². The Labute approximate surface area is 110 Å². The molecule has 18 heavy (non-hydrogen) atoms. The Morgan fingerprint density at radius 2 is 2.00 bits per heavy atom. The van der Waals surface area contributed by atoms with E-state index in [1.807, 2.05) is 0 Å². The van der Waals surface area contributed by atoms with Crippen molar-refractivity contribution in [3.8, 4) is 0 Å². The largest absolute Gasteiger partial charge is 0.480 e. The predicted molar refractivity (Wildman–Crippen MR) is 70.8 cm³/mol. The standard InChI is InChI=1S/C12H23BN2O3/c13-5-2-1-3-12(14,11(16)17)4-6-15-7-9-18-10-8-15/h1-10,14H2,(H,16,17). The zero-order valence-corrected chi connectivity index (χ0v) is 10.9. The van der Waals surface area contributed by atoms with Gasteiger partial charge in [-0.1, -0.05) is 19.2 Å². The number of ether oxygens (including phenoxy) is 1. The van der Waals surface area contributed by atoms with Gasteiger partial charge in [-0.2, -0.15) is 0 Å². The number of hydrogen-bond donors (Lipinski definition) is 2. The number of hydrogen-bond acceptors (Lipinski definition) is 4. The molecule has 3 N–H and O–H groups in total. The first kappa shape index (κ1) is 15.5. The molecule has 0 saturated carbocycles. The number of nitrogens with two attached hydrogens (primary N) is 1. The molecule has 0 aliphatic carbocycles. The summed E-state index contributed by atoms with van der Waals surface area (Å²) in [6.45, 7) is 3.88. The molecule has 1 saturated heterocycles. The van der Waals surface area contributed by atoms with Crippen LogP contribution in [0, 0.1) is 0 Å². The van der Waals surface area contributed by atoms with Crippen LogP contribution in [0.25, 0.3) is 0 Å². The van der Waals surface area contributed by atoms with Crippen molar-refractivity contribution in [3.63, 3.8) is 0 Å². The van der Waals surface area contributed by atoms with Gasteiger partial charge in [-0.25, -0.2) is 0 Å². The number of rotatable bonds is 8. The first-order valence-electron chi connectivity index (χ1n) is 6.61. The van der Waals surface area contributed by atoms with Gasteiger partial charge in [0.2, 0.25) is 0 Å². The van der Waals surface area contributed by atoms with Gasteiger partial charge in [-0.3, -0.25) is 9.69 Å². The van der Waals surface area contributed by atoms with Gasteiger partial charge in [-0.05, 0) is 12.8 Å². The Morgan fingerprint density at radius 3 is 2.56 bits per heavy atom. The van der Waals surface area contributed by atoms with Crippen molar-refractivity contribution in [1.82, 2.24) is 4.90 Å². The maximum Gasteiger partial charge on any atom is 0.323 e. The molecule has 2 radical (unpaired) electrons. The fraction of sp³-hybridized carbons (Fsp3) is 0.917. The Bertz CT molecular complexity index is 260. The van der Waals surface area contributed by atoms with Gasteiger partial charge in [-0.15, -0.1) is 0 Å². The van der Waals surface area contributed by atoms with Crippen molar-refractivity contribution in [2.24, 2.45) is 5.73 Å². The lowest BCUT2D eigenvalue weighted by molar-refractivity contribution is -0.144. The van der Waals surface area contributed by atoms with Crippen molar-refractivity contribution in [2.75, 3.05) is 32.8 Å². The lowest BCUT2D eigenvalue weighted by Gasteiger charge is -2.31. The van der Waals surface area contributed by atoms with E-state index in [1.54, 1.807) is 0 Å². The molecule has 102 valence electrons. The summed E-state index contributed by atoms with van der Waals surface area (Å²) in [7, 11) is 5.41. The molecule has 1 rings (SSSR count). The highest BCUT2D eigenvalue weighted by Crippen LogP contribution is 2.18. The minimum absolute atomic E-state index is 0.479. The molecule has 6 heteroatoms. The van der Waals surface area contributed by atoms with Crippen molar-refractivity contribution in [3.05, 3.63) is 0 Å². The molecule has 0 amide bonds. The van der Waals surface area contributed by atoms with E-state index >= 15 is 0 Å². The molecule has 0 spiro atoms. The van der Waals surface area contributed by atoms with Crippen LogP contribution < -0.4 is 5.73 Å². The first-order chi connectivity index (χ1) is 8.58. The van der Waals surface area contributed by atoms with Gasteiger partial charge < -0.3 is 15.6 Å². The number of morpholine rings is 1. The van der Waals surface area contributed by atoms with Gasteiger partial charge in [0.1, 0.15) is 5.54 Å². The summed E-state index contributed by atoms with van der Waals surface area (Å²) in [6.07, 6.45) is 3.14. The van der Waals surface area contributed by atoms with Crippen molar-refractivity contribution in [2.45, 2.75) is 37.5 Å². The van der Waals surface area contributed by atoms with Crippen LogP contribution in [0.15, 0.2) is 0 Å². The fourth-order valence-electron chi connectivity index (χ4n) is 2.11. The Morgan fingerprint density at radius 1 is 1.33 bits per heavy atom. The third-order valence-corrected chi connectivity index (χ3v) is 3.48. The zero-order chi connectivity index (χ0) is 13.4. The SMILES string of the molecule is [B]CCCCC(N)(CCN1CCOCC1)C(=O)O. The van der Waals surface area contributed by atoms with Crippen LogP contribution in [0.3, 0.4) is 0 Å². The van der Waals surface area contributed by atoms with Crippen molar-refractivity contribution in [1.29, 1.82) is 0 Å². The van der Waals surface area contributed by atoms with Gasteiger partial charge in [0.05, 0.1) is 21.1 Å². The monoisotopic (exact) mass is 254 g/mol. The van der Waals surface area contributed by atoms with Gasteiger partial charge in [0, 0.05) is 19.6 Å². The van der Waals surface area contributed by atoms with E-state index in [0.29, 0.717) is 19.2 Å². The third-order valence-electron chi connectivity index (χ3n) is 3.48. The number of unbranched alkanes of at least 4 members (excludes halogenated alkanes) is 1. The van der Waals surface area contributed by atoms with E-state index in [2.05, 4.69) is 4.90 Å². The molecule has 0 aromatic heterocycles. The van der Waals surface area contributed by atoms with E-state index in [-0.39, 0.29) is 0 Å². The number of nitrogens with zero attached hydrogens (tertiary/aromatic N) is 1. The normalized spacial score (nSPS) is 20.5. The second-order valence-electron chi connectivity index (χ2n) is 4.91. The second kappa shape index (κ2) is 7.76. The molecular formula is C12H23BN2O3. The fourth-order valence-corrected chi connectivity index (χ4v) is 2.11. The Balaban J connectivity index is 2.37. The lowest BCUT2D eigenvalue weighted by atomic mass is 9.88. The minimum atomic E-state index is -1.12. The van der Waals surface area contributed by atoms with Crippen molar-refractivity contribution < 1.29 is 14.6 Å². The molecule has 0 aromatic rings. The summed E-state index contributed by atoms with van der Waals surface area (Å²) in [5, 5.41) is 9.26. The summed E-state index contributed by atoms with van der Waals surface area (Å²) in [5.41, 5.74) is 4.88. The van der Waals surface area contributed by atoms with Crippen LogP contribution in [0.4, 0.5) is 0 Å². The molecule has 5 nitrogen and oxygen atoms in total. The molecule has 1 aliphatic rings. The second-order valence-corrected chi connectivity index (χ2v) is 4.91. The molecule has 1 fully saturated rings. The number of carboxylic acids is 1. The van der Waals surface area contributed by atoms with Crippen molar-refractivity contribution >= 4 is 13.8 Å². The summed E-state index contributed by atoms with van der Waals surface area (Å²) in [5.74, 6) is -0.909.